The largest absolute Gasteiger partial charge is 0.389 e. The first kappa shape index (κ1) is 14.4. The molecule has 1 N–H and O–H groups in total. The van der Waals surface area contributed by atoms with Crippen LogP contribution in [0, 0.1) is 17.2 Å². The number of aliphatic hydroxyl groups is 1. The van der Waals surface area contributed by atoms with E-state index in [1.807, 2.05) is 20.8 Å². The SMILES string of the molecule is CCN(CC(C)C#N)CC(O)(CC)CC. The van der Waals surface area contributed by atoms with E-state index in [0.29, 0.717) is 6.54 Å². The zero-order valence-corrected chi connectivity index (χ0v) is 10.5. The summed E-state index contributed by atoms with van der Waals surface area (Å²) in [6.45, 7) is 10.3. The molecule has 0 amide bonds. The Balaban J connectivity index is 4.26. The van der Waals surface area contributed by atoms with E-state index in [1.54, 1.807) is 0 Å². The topological polar surface area (TPSA) is 47.3 Å². The highest BCUT2D eigenvalue weighted by atomic mass is 16.3. The number of hydrogen-bond donors (Lipinski definition) is 1. The molecule has 0 aliphatic carbocycles. The fourth-order valence-corrected chi connectivity index (χ4v) is 1.62. The van der Waals surface area contributed by atoms with Gasteiger partial charge in [-0.15, -0.1) is 0 Å². The molecule has 0 spiro atoms. The first-order valence-electron chi connectivity index (χ1n) is 5.85. The van der Waals surface area contributed by atoms with Crippen molar-refractivity contribution >= 4 is 0 Å². The van der Waals surface area contributed by atoms with Crippen LogP contribution in [-0.2, 0) is 0 Å². The van der Waals surface area contributed by atoms with E-state index < -0.39 is 5.60 Å². The molecule has 0 saturated heterocycles. The Labute approximate surface area is 93.7 Å². The van der Waals surface area contributed by atoms with Gasteiger partial charge >= 0.3 is 0 Å². The standard InChI is InChI=1S/C12H24N2O/c1-5-12(15,6-2)10-14(7-3)9-11(4)8-13/h11,15H,5-7,9-10H2,1-4H3. The van der Waals surface area contributed by atoms with E-state index in [9.17, 15) is 5.11 Å². The number of rotatable bonds is 7. The molecule has 0 bridgehead atoms. The molecule has 1 atom stereocenters. The first-order chi connectivity index (χ1) is 7.01. The molecule has 0 aliphatic heterocycles. The highest BCUT2D eigenvalue weighted by molar-refractivity contribution is 4.85. The Morgan fingerprint density at radius 1 is 1.33 bits per heavy atom. The molecular weight excluding hydrogens is 188 g/mol. The molecule has 0 aromatic heterocycles. The molecule has 88 valence electrons. The first-order valence-corrected chi connectivity index (χ1v) is 5.85. The number of nitrogens with zero attached hydrogens (tertiary/aromatic N) is 2. The van der Waals surface area contributed by atoms with E-state index in [-0.39, 0.29) is 5.92 Å². The fraction of sp³-hybridized carbons (Fsp3) is 0.917. The summed E-state index contributed by atoms with van der Waals surface area (Å²) in [6, 6.07) is 2.23. The highest BCUT2D eigenvalue weighted by Crippen LogP contribution is 2.16. The number of likely N-dealkylation sites (N-methyl/N-ethyl adjacent to an activating group) is 1. The summed E-state index contributed by atoms with van der Waals surface area (Å²) < 4.78 is 0. The second kappa shape index (κ2) is 6.81. The zero-order valence-electron chi connectivity index (χ0n) is 10.5. The van der Waals surface area contributed by atoms with Crippen LogP contribution in [0.5, 0.6) is 0 Å². The summed E-state index contributed by atoms with van der Waals surface area (Å²) in [5, 5.41) is 18.9. The van der Waals surface area contributed by atoms with Crippen LogP contribution in [0.4, 0.5) is 0 Å². The second-order valence-electron chi connectivity index (χ2n) is 4.29. The van der Waals surface area contributed by atoms with E-state index in [0.717, 1.165) is 25.9 Å². The number of hydrogen-bond acceptors (Lipinski definition) is 3. The molecule has 1 unspecified atom stereocenters. The predicted molar refractivity (Wildman–Crippen MR) is 62.4 cm³/mol. The summed E-state index contributed by atoms with van der Waals surface area (Å²) in [6.07, 6.45) is 1.53. The molecule has 3 heteroatoms. The van der Waals surface area contributed by atoms with Gasteiger partial charge in [0.15, 0.2) is 0 Å². The maximum atomic E-state index is 10.2. The van der Waals surface area contributed by atoms with Gasteiger partial charge in [0.1, 0.15) is 0 Å². The molecular formula is C12H24N2O. The third-order valence-electron chi connectivity index (χ3n) is 3.03. The van der Waals surface area contributed by atoms with Crippen LogP contribution in [0.1, 0.15) is 40.5 Å². The monoisotopic (exact) mass is 212 g/mol. The van der Waals surface area contributed by atoms with Crippen molar-refractivity contribution in [1.82, 2.24) is 4.90 Å². The fourth-order valence-electron chi connectivity index (χ4n) is 1.62. The molecule has 3 nitrogen and oxygen atoms in total. The molecule has 0 heterocycles. The Hall–Kier alpha value is -0.590. The van der Waals surface area contributed by atoms with Crippen LogP contribution in [-0.4, -0.2) is 35.2 Å². The van der Waals surface area contributed by atoms with E-state index in [1.165, 1.54) is 0 Å². The molecule has 0 rings (SSSR count). The van der Waals surface area contributed by atoms with Gasteiger partial charge in [-0.05, 0) is 26.3 Å². The minimum Gasteiger partial charge on any atom is -0.389 e. The summed E-state index contributed by atoms with van der Waals surface area (Å²) in [7, 11) is 0. The van der Waals surface area contributed by atoms with Gasteiger partial charge in [0.05, 0.1) is 17.6 Å². The van der Waals surface area contributed by atoms with Crippen molar-refractivity contribution in [2.45, 2.75) is 46.1 Å². The van der Waals surface area contributed by atoms with Crippen LogP contribution in [0.25, 0.3) is 0 Å². The molecule has 0 aliphatic rings. The third-order valence-corrected chi connectivity index (χ3v) is 3.03. The minimum absolute atomic E-state index is 0.0305. The van der Waals surface area contributed by atoms with Crippen LogP contribution in [0.15, 0.2) is 0 Å². The second-order valence-corrected chi connectivity index (χ2v) is 4.29. The lowest BCUT2D eigenvalue weighted by Gasteiger charge is -2.32. The van der Waals surface area contributed by atoms with Gasteiger partial charge in [0, 0.05) is 13.1 Å². The van der Waals surface area contributed by atoms with Crippen molar-refractivity contribution in [3.63, 3.8) is 0 Å². The van der Waals surface area contributed by atoms with Crippen LogP contribution in [0.3, 0.4) is 0 Å². The molecule has 0 fully saturated rings. The molecule has 15 heavy (non-hydrogen) atoms. The number of nitriles is 1. The lowest BCUT2D eigenvalue weighted by molar-refractivity contribution is -0.00375. The summed E-state index contributed by atoms with van der Waals surface area (Å²) in [4.78, 5) is 2.15. The summed E-state index contributed by atoms with van der Waals surface area (Å²) >= 11 is 0. The maximum Gasteiger partial charge on any atom is 0.0768 e. The summed E-state index contributed by atoms with van der Waals surface area (Å²) in [5.41, 5.74) is -0.592. The average molecular weight is 212 g/mol. The maximum absolute atomic E-state index is 10.2. The van der Waals surface area contributed by atoms with Gasteiger partial charge in [0.2, 0.25) is 0 Å². The van der Waals surface area contributed by atoms with E-state index in [4.69, 9.17) is 5.26 Å². The van der Waals surface area contributed by atoms with E-state index >= 15 is 0 Å². The molecule has 0 saturated carbocycles. The van der Waals surface area contributed by atoms with Crippen LogP contribution < -0.4 is 0 Å². The van der Waals surface area contributed by atoms with Gasteiger partial charge in [-0.3, -0.25) is 4.90 Å². The van der Waals surface area contributed by atoms with Gasteiger partial charge in [-0.25, -0.2) is 0 Å². The normalized spacial score (nSPS) is 13.9. The third kappa shape index (κ3) is 5.15. The van der Waals surface area contributed by atoms with Crippen LogP contribution >= 0.6 is 0 Å². The quantitative estimate of drug-likeness (QED) is 0.702. The predicted octanol–water partition coefficient (Wildman–Crippen LogP) is 2.02. The average Bonchev–Trinajstić information content (AvgIpc) is 2.27. The molecule has 0 radical (unpaired) electrons. The lowest BCUT2D eigenvalue weighted by atomic mass is 9.96. The Morgan fingerprint density at radius 2 is 1.87 bits per heavy atom. The minimum atomic E-state index is -0.592. The summed E-state index contributed by atoms with van der Waals surface area (Å²) in [5.74, 6) is 0.0305. The lowest BCUT2D eigenvalue weighted by Crippen LogP contribution is -2.43. The van der Waals surface area contributed by atoms with Gasteiger partial charge in [-0.2, -0.15) is 5.26 Å². The Bertz CT molecular complexity index is 206. The highest BCUT2D eigenvalue weighted by Gasteiger charge is 2.25. The van der Waals surface area contributed by atoms with Crippen molar-refractivity contribution in [3.8, 4) is 6.07 Å². The molecule has 0 aromatic rings. The van der Waals surface area contributed by atoms with Gasteiger partial charge < -0.3 is 5.11 Å². The Morgan fingerprint density at radius 3 is 2.20 bits per heavy atom. The van der Waals surface area contributed by atoms with E-state index in [2.05, 4.69) is 17.9 Å². The van der Waals surface area contributed by atoms with Crippen molar-refractivity contribution < 1.29 is 5.11 Å². The Kier molecular flexibility index (Phi) is 6.55. The van der Waals surface area contributed by atoms with Crippen LogP contribution in [0.2, 0.25) is 0 Å². The van der Waals surface area contributed by atoms with Crippen molar-refractivity contribution in [3.05, 3.63) is 0 Å². The van der Waals surface area contributed by atoms with Gasteiger partial charge in [-0.1, -0.05) is 20.8 Å². The van der Waals surface area contributed by atoms with Gasteiger partial charge in [0.25, 0.3) is 0 Å². The zero-order chi connectivity index (χ0) is 11.9. The van der Waals surface area contributed by atoms with Crippen molar-refractivity contribution in [1.29, 1.82) is 5.26 Å². The van der Waals surface area contributed by atoms with Crippen molar-refractivity contribution in [2.75, 3.05) is 19.6 Å². The molecule has 0 aromatic carbocycles. The van der Waals surface area contributed by atoms with Crippen molar-refractivity contribution in [2.24, 2.45) is 5.92 Å². The smallest absolute Gasteiger partial charge is 0.0768 e.